The first-order valence-electron chi connectivity index (χ1n) is 6.52. The second kappa shape index (κ2) is 7.28. The van der Waals surface area contributed by atoms with Crippen LogP contribution in [0.15, 0.2) is 29.2 Å². The van der Waals surface area contributed by atoms with Crippen molar-refractivity contribution < 1.29 is 0 Å². The van der Waals surface area contributed by atoms with E-state index in [1.54, 1.807) is 16.7 Å². The Morgan fingerprint density at radius 1 is 1.35 bits per heavy atom. The Labute approximate surface area is 104 Å². The minimum absolute atomic E-state index is 0.0730. The molecule has 0 amide bonds. The smallest absolute Gasteiger partial charge is 0.250 e. The summed E-state index contributed by atoms with van der Waals surface area (Å²) in [6, 6.07) is 5.79. The van der Waals surface area contributed by atoms with Gasteiger partial charge >= 0.3 is 0 Å². The van der Waals surface area contributed by atoms with Crippen LogP contribution in [-0.2, 0) is 6.54 Å². The van der Waals surface area contributed by atoms with Gasteiger partial charge in [-0.2, -0.15) is 0 Å². The van der Waals surface area contributed by atoms with Gasteiger partial charge in [0.2, 0.25) is 0 Å². The van der Waals surface area contributed by atoms with Crippen molar-refractivity contribution in [3.63, 3.8) is 0 Å². The summed E-state index contributed by atoms with van der Waals surface area (Å²) in [4.78, 5) is 11.5. The van der Waals surface area contributed by atoms with E-state index in [2.05, 4.69) is 26.1 Å². The number of nitrogens with zero attached hydrogens (tertiary/aromatic N) is 1. The molecule has 0 bridgehead atoms. The van der Waals surface area contributed by atoms with Gasteiger partial charge in [-0.05, 0) is 25.3 Å². The molecule has 0 aliphatic heterocycles. The molecule has 0 saturated carbocycles. The molecule has 1 rings (SSSR count). The van der Waals surface area contributed by atoms with Crippen LogP contribution in [0.4, 0.5) is 0 Å². The van der Waals surface area contributed by atoms with Crippen molar-refractivity contribution in [2.45, 2.75) is 46.2 Å². The number of aromatic nitrogens is 1. The van der Waals surface area contributed by atoms with Gasteiger partial charge in [-0.1, -0.05) is 26.3 Å². The molecule has 0 saturated heterocycles. The Bertz CT molecular complexity index is 372. The number of pyridine rings is 1. The van der Waals surface area contributed by atoms with Crippen LogP contribution < -0.4 is 10.9 Å². The van der Waals surface area contributed by atoms with Gasteiger partial charge in [0.05, 0.1) is 0 Å². The summed E-state index contributed by atoms with van der Waals surface area (Å²) in [5.74, 6) is 0.761. The van der Waals surface area contributed by atoms with Crippen molar-refractivity contribution in [1.29, 1.82) is 0 Å². The zero-order valence-corrected chi connectivity index (χ0v) is 11.1. The van der Waals surface area contributed by atoms with Gasteiger partial charge in [0, 0.05) is 31.4 Å². The van der Waals surface area contributed by atoms with Gasteiger partial charge in [-0.3, -0.25) is 4.79 Å². The maximum Gasteiger partial charge on any atom is 0.250 e. The molecule has 96 valence electrons. The van der Waals surface area contributed by atoms with Gasteiger partial charge < -0.3 is 9.88 Å². The third-order valence-corrected chi connectivity index (χ3v) is 3.20. The number of hydrogen-bond donors (Lipinski definition) is 1. The lowest BCUT2D eigenvalue weighted by Crippen LogP contribution is -2.32. The number of rotatable bonds is 7. The fraction of sp³-hybridized carbons (Fsp3) is 0.643. The molecule has 3 nitrogen and oxygen atoms in total. The van der Waals surface area contributed by atoms with E-state index in [-0.39, 0.29) is 5.56 Å². The van der Waals surface area contributed by atoms with Gasteiger partial charge in [-0.15, -0.1) is 0 Å². The molecular weight excluding hydrogens is 212 g/mol. The molecule has 0 spiro atoms. The molecule has 2 unspecified atom stereocenters. The van der Waals surface area contributed by atoms with Crippen LogP contribution in [0.5, 0.6) is 0 Å². The molecule has 0 aromatic carbocycles. The zero-order valence-electron chi connectivity index (χ0n) is 11.1. The number of hydrogen-bond acceptors (Lipinski definition) is 2. The van der Waals surface area contributed by atoms with Crippen molar-refractivity contribution in [2.75, 3.05) is 6.54 Å². The van der Waals surface area contributed by atoms with Gasteiger partial charge in [-0.25, -0.2) is 0 Å². The fourth-order valence-electron chi connectivity index (χ4n) is 1.93. The molecular formula is C14H24N2O. The number of nitrogens with one attached hydrogen (secondary N) is 1. The fourth-order valence-corrected chi connectivity index (χ4v) is 1.93. The average Bonchev–Trinajstić information content (AvgIpc) is 2.31. The maximum absolute atomic E-state index is 11.5. The molecule has 0 aliphatic rings. The molecule has 17 heavy (non-hydrogen) atoms. The lowest BCUT2D eigenvalue weighted by molar-refractivity contribution is 0.405. The summed E-state index contributed by atoms with van der Waals surface area (Å²) in [5.41, 5.74) is 0.0730. The predicted molar refractivity (Wildman–Crippen MR) is 72.2 cm³/mol. The molecule has 0 fully saturated rings. The standard InChI is InChI=1S/C14H24N2O/c1-4-12(2)11-13(3)15-8-10-16-9-6-5-7-14(16)17/h5-7,9,12-13,15H,4,8,10-11H2,1-3H3. The molecule has 0 radical (unpaired) electrons. The Hall–Kier alpha value is -1.09. The van der Waals surface area contributed by atoms with E-state index in [0.29, 0.717) is 6.04 Å². The molecule has 1 aromatic heterocycles. The normalized spacial score (nSPS) is 14.5. The Kier molecular flexibility index (Phi) is 5.98. The predicted octanol–water partition coefficient (Wildman–Crippen LogP) is 2.26. The van der Waals surface area contributed by atoms with E-state index in [1.165, 1.54) is 12.8 Å². The Morgan fingerprint density at radius 3 is 2.76 bits per heavy atom. The van der Waals surface area contributed by atoms with Crippen molar-refractivity contribution >= 4 is 0 Å². The third-order valence-electron chi connectivity index (χ3n) is 3.20. The van der Waals surface area contributed by atoms with Gasteiger partial charge in [0.1, 0.15) is 0 Å². The van der Waals surface area contributed by atoms with Crippen LogP contribution in [0.3, 0.4) is 0 Å². The van der Waals surface area contributed by atoms with Gasteiger partial charge in [0.25, 0.3) is 5.56 Å². The molecule has 1 N–H and O–H groups in total. The van der Waals surface area contributed by atoms with Gasteiger partial charge in [0.15, 0.2) is 0 Å². The van der Waals surface area contributed by atoms with Crippen molar-refractivity contribution in [3.8, 4) is 0 Å². The van der Waals surface area contributed by atoms with Crippen LogP contribution in [-0.4, -0.2) is 17.2 Å². The van der Waals surface area contributed by atoms with E-state index >= 15 is 0 Å². The highest BCUT2D eigenvalue weighted by Crippen LogP contribution is 2.08. The van der Waals surface area contributed by atoms with Crippen molar-refractivity contribution in [1.82, 2.24) is 9.88 Å². The molecule has 3 heteroatoms. The van der Waals surface area contributed by atoms with Crippen LogP contribution >= 0.6 is 0 Å². The lowest BCUT2D eigenvalue weighted by atomic mass is 10.0. The monoisotopic (exact) mass is 236 g/mol. The molecule has 1 heterocycles. The van der Waals surface area contributed by atoms with Crippen molar-refractivity contribution in [3.05, 3.63) is 34.7 Å². The minimum atomic E-state index is 0.0730. The molecule has 2 atom stereocenters. The summed E-state index contributed by atoms with van der Waals surface area (Å²) in [7, 11) is 0. The first-order chi connectivity index (χ1) is 8.13. The van der Waals surface area contributed by atoms with Crippen LogP contribution in [0, 0.1) is 5.92 Å². The van der Waals surface area contributed by atoms with E-state index in [1.807, 2.05) is 12.3 Å². The van der Waals surface area contributed by atoms with Crippen LogP contribution in [0.1, 0.15) is 33.6 Å². The topological polar surface area (TPSA) is 34.0 Å². The molecule has 1 aromatic rings. The summed E-state index contributed by atoms with van der Waals surface area (Å²) in [6.07, 6.45) is 4.26. The first kappa shape index (κ1) is 14.0. The Morgan fingerprint density at radius 2 is 2.12 bits per heavy atom. The van der Waals surface area contributed by atoms with Crippen molar-refractivity contribution in [2.24, 2.45) is 5.92 Å². The second-order valence-corrected chi connectivity index (χ2v) is 4.84. The van der Waals surface area contributed by atoms with E-state index in [4.69, 9.17) is 0 Å². The highest BCUT2D eigenvalue weighted by Gasteiger charge is 2.06. The zero-order chi connectivity index (χ0) is 12.7. The lowest BCUT2D eigenvalue weighted by Gasteiger charge is -2.17. The third kappa shape index (κ3) is 5.18. The van der Waals surface area contributed by atoms with Crippen LogP contribution in [0.25, 0.3) is 0 Å². The SMILES string of the molecule is CCC(C)CC(C)NCCn1ccccc1=O. The highest BCUT2D eigenvalue weighted by atomic mass is 16.1. The summed E-state index contributed by atoms with van der Waals surface area (Å²) >= 11 is 0. The maximum atomic E-state index is 11.5. The highest BCUT2D eigenvalue weighted by molar-refractivity contribution is 4.93. The molecule has 0 aliphatic carbocycles. The quantitative estimate of drug-likeness (QED) is 0.788. The average molecular weight is 236 g/mol. The largest absolute Gasteiger partial charge is 0.314 e. The summed E-state index contributed by atoms with van der Waals surface area (Å²) in [5, 5.41) is 3.46. The first-order valence-corrected chi connectivity index (χ1v) is 6.52. The second-order valence-electron chi connectivity index (χ2n) is 4.84. The van der Waals surface area contributed by atoms with E-state index in [0.717, 1.165) is 19.0 Å². The van der Waals surface area contributed by atoms with Crippen LogP contribution in [0.2, 0.25) is 0 Å². The van der Waals surface area contributed by atoms with E-state index in [9.17, 15) is 4.79 Å². The summed E-state index contributed by atoms with van der Waals surface area (Å²) in [6.45, 7) is 8.30. The Balaban J connectivity index is 2.28. The van der Waals surface area contributed by atoms with E-state index < -0.39 is 0 Å². The summed E-state index contributed by atoms with van der Waals surface area (Å²) < 4.78 is 1.74. The minimum Gasteiger partial charge on any atom is -0.314 e.